The Morgan fingerprint density at radius 2 is 1.51 bits per heavy atom. The molecule has 2 heterocycles. The van der Waals surface area contributed by atoms with Crippen molar-refractivity contribution in [2.24, 2.45) is 17.6 Å². The number of rotatable bonds is 16. The van der Waals surface area contributed by atoms with Gasteiger partial charge in [0.25, 0.3) is 0 Å². The Labute approximate surface area is 435 Å². The van der Waals surface area contributed by atoms with E-state index in [9.17, 15) is 68.7 Å². The van der Waals surface area contributed by atoms with Crippen LogP contribution >= 0.6 is 0 Å². The number of phenols is 1. The molecule has 410 valence electrons. The molecule has 75 heavy (non-hydrogen) atoms. The number of nitrogens with two attached hydrogens (primary N) is 1. The van der Waals surface area contributed by atoms with E-state index in [1.807, 2.05) is 0 Å². The third kappa shape index (κ3) is 16.0. The van der Waals surface area contributed by atoms with Crippen LogP contribution in [0.5, 0.6) is 5.75 Å². The topological polar surface area (TPSA) is 357 Å². The Balaban J connectivity index is 1.59. The number of allylic oxidation sites excluding steroid dienone is 1. The summed E-state index contributed by atoms with van der Waals surface area (Å²) in [4.78, 5) is 129. The summed E-state index contributed by atoms with van der Waals surface area (Å²) in [6, 6.07) is 2.96. The van der Waals surface area contributed by atoms with E-state index >= 15 is 0 Å². The second-order valence-electron chi connectivity index (χ2n) is 19.7. The highest BCUT2D eigenvalue weighted by Gasteiger charge is 2.47. The SMILES string of the molecule is CC[C@H](C)[C@@H]1NC(=O)C(Cc2ccccc2)N(C)C(=O)[C@H]([C@@H](C)O)N2C(=O)[C@H](CC[C@H]2O)NC(=O)[C@H](C[C@H]2C=C[C@H](O)CC2)NC(=O)[C@@H](NC(=O)[C@H](CCC(N)=O)NC(=O)[C@H](O)Cc2ccc(O)cc2)[C@@H](C)OC1=O. The van der Waals surface area contributed by atoms with Crippen molar-refractivity contribution in [3.8, 4) is 5.75 Å². The average molecular weight is 1050 g/mol. The summed E-state index contributed by atoms with van der Waals surface area (Å²) in [6.07, 6.45) is -5.11. The Morgan fingerprint density at radius 3 is 2.12 bits per heavy atom. The normalized spacial score (nSPS) is 27.9. The molecule has 14 atom stereocenters. The lowest BCUT2D eigenvalue weighted by Crippen LogP contribution is -2.67. The molecule has 2 bridgehead atoms. The fourth-order valence-electron chi connectivity index (χ4n) is 9.32. The zero-order valence-corrected chi connectivity index (χ0v) is 42.8. The van der Waals surface area contributed by atoms with E-state index in [1.165, 1.54) is 51.2 Å². The Bertz CT molecular complexity index is 2390. The fourth-order valence-corrected chi connectivity index (χ4v) is 9.32. The molecule has 2 aliphatic heterocycles. The summed E-state index contributed by atoms with van der Waals surface area (Å²) in [5.41, 5.74) is 6.45. The first-order valence-corrected chi connectivity index (χ1v) is 25.3. The van der Waals surface area contributed by atoms with E-state index in [2.05, 4.69) is 26.6 Å². The van der Waals surface area contributed by atoms with Gasteiger partial charge in [-0.25, -0.2) is 4.79 Å². The largest absolute Gasteiger partial charge is 0.508 e. The van der Waals surface area contributed by atoms with Crippen molar-refractivity contribution < 1.29 is 73.4 Å². The van der Waals surface area contributed by atoms with Gasteiger partial charge in [-0.05, 0) is 87.5 Å². The van der Waals surface area contributed by atoms with Crippen molar-refractivity contribution in [2.45, 2.75) is 165 Å². The minimum absolute atomic E-state index is 0.0615. The number of primary amides is 1. The highest BCUT2D eigenvalue weighted by molar-refractivity contribution is 5.98. The molecule has 5 rings (SSSR count). The molecule has 23 nitrogen and oxygen atoms in total. The van der Waals surface area contributed by atoms with Gasteiger partial charge in [0, 0.05) is 26.3 Å². The average Bonchev–Trinajstić information content (AvgIpc) is 3.37. The number of hydrogen-bond donors (Lipinski definition) is 11. The standard InChI is InChI=1S/C52H72N8O15/c1-6-27(2)42-52(74)75-29(4)43(58-45(67)35(20-22-40(53)65)54-48(70)39(64)26-32-14-18-34(63)19-15-32)49(71)56-37(24-31-12-16-33(62)17-13-31)46(68)55-36-21-23-41(66)60(50(36)72)44(28(3)61)51(73)59(5)38(47(69)57-42)25-30-10-8-7-9-11-30/h7-12,14-16,18-19,27-29,31,33,35-39,41-44,61-64,66H,6,13,17,20-26H2,1-5H3,(H2,53,65)(H,54,70)(H,55,68)(H,56,71)(H,57,69)(H,58,67)/t27-,28+,29+,31-,33-,35-,36-,37-,38?,39+,41+,42-,43-,44-/m0/s1. The molecule has 0 spiro atoms. The Morgan fingerprint density at radius 1 is 0.827 bits per heavy atom. The van der Waals surface area contributed by atoms with E-state index in [0.717, 1.165) is 9.80 Å². The number of nitrogens with one attached hydrogen (secondary N) is 5. The first-order chi connectivity index (χ1) is 35.5. The smallest absolute Gasteiger partial charge is 0.329 e. The van der Waals surface area contributed by atoms with E-state index < -0.39 is 151 Å². The molecule has 1 unspecified atom stereocenters. The number of carbonyl (C=O) groups is 9. The van der Waals surface area contributed by atoms with Crippen LogP contribution in [0.25, 0.3) is 0 Å². The number of piperidine rings is 1. The summed E-state index contributed by atoms with van der Waals surface area (Å²) >= 11 is 0. The molecule has 1 aliphatic carbocycles. The molecule has 2 aromatic carbocycles. The molecule has 2 aromatic rings. The summed E-state index contributed by atoms with van der Waals surface area (Å²) in [5.74, 6) is -10.1. The van der Waals surface area contributed by atoms with Crippen LogP contribution < -0.4 is 32.3 Å². The van der Waals surface area contributed by atoms with Crippen LogP contribution in [0.1, 0.15) is 90.2 Å². The van der Waals surface area contributed by atoms with Crippen LogP contribution in [-0.4, -0.2) is 169 Å². The van der Waals surface area contributed by atoms with Crippen molar-refractivity contribution in [1.82, 2.24) is 36.4 Å². The first kappa shape index (κ1) is 58.9. The van der Waals surface area contributed by atoms with Gasteiger partial charge in [-0.3, -0.25) is 38.4 Å². The number of esters is 1. The molecule has 0 saturated carbocycles. The number of cyclic esters (lactones) is 1. The van der Waals surface area contributed by atoms with Crippen LogP contribution in [0.4, 0.5) is 0 Å². The lowest BCUT2D eigenvalue weighted by Gasteiger charge is -2.43. The molecule has 0 aromatic heterocycles. The zero-order valence-electron chi connectivity index (χ0n) is 42.8. The third-order valence-electron chi connectivity index (χ3n) is 14.0. The van der Waals surface area contributed by atoms with Gasteiger partial charge in [0.1, 0.15) is 66.5 Å². The molecule has 12 N–H and O–H groups in total. The van der Waals surface area contributed by atoms with Gasteiger partial charge in [0.15, 0.2) is 0 Å². The second-order valence-corrected chi connectivity index (χ2v) is 19.7. The molecule has 2 saturated heterocycles. The maximum atomic E-state index is 14.8. The molecule has 2 fully saturated rings. The molecule has 3 aliphatic rings. The number of aliphatic hydroxyl groups is 4. The Hall–Kier alpha value is -6.95. The number of aliphatic hydroxyl groups excluding tert-OH is 4. The minimum Gasteiger partial charge on any atom is -0.508 e. The van der Waals surface area contributed by atoms with E-state index in [-0.39, 0.29) is 44.3 Å². The maximum absolute atomic E-state index is 14.8. The zero-order chi connectivity index (χ0) is 55.3. The van der Waals surface area contributed by atoms with E-state index in [4.69, 9.17) is 10.5 Å². The van der Waals surface area contributed by atoms with Gasteiger partial charge in [-0.15, -0.1) is 0 Å². The number of phenolic OH excluding ortho intramolecular Hbond substituents is 1. The van der Waals surface area contributed by atoms with Gasteiger partial charge in [-0.2, -0.15) is 0 Å². The first-order valence-electron chi connectivity index (χ1n) is 25.3. The molecular weight excluding hydrogens is 977 g/mol. The van der Waals surface area contributed by atoms with Crippen molar-refractivity contribution in [2.75, 3.05) is 7.05 Å². The van der Waals surface area contributed by atoms with Crippen molar-refractivity contribution >= 4 is 53.2 Å². The number of nitrogens with zero attached hydrogens (tertiary/aromatic N) is 2. The van der Waals surface area contributed by atoms with Gasteiger partial charge >= 0.3 is 5.97 Å². The monoisotopic (exact) mass is 1050 g/mol. The molecule has 0 radical (unpaired) electrons. The highest BCUT2D eigenvalue weighted by Crippen LogP contribution is 2.27. The summed E-state index contributed by atoms with van der Waals surface area (Å²) in [7, 11) is 1.27. The number of ether oxygens (including phenoxy) is 1. The second kappa shape index (κ2) is 27.0. The van der Waals surface area contributed by atoms with Crippen LogP contribution in [0.15, 0.2) is 66.7 Å². The van der Waals surface area contributed by atoms with Crippen molar-refractivity contribution in [3.63, 3.8) is 0 Å². The number of benzene rings is 2. The summed E-state index contributed by atoms with van der Waals surface area (Å²) in [5, 5.41) is 66.2. The highest BCUT2D eigenvalue weighted by atomic mass is 16.5. The fraction of sp³-hybridized carbons (Fsp3) is 0.558. The van der Waals surface area contributed by atoms with Crippen LogP contribution in [0, 0.1) is 11.8 Å². The van der Waals surface area contributed by atoms with Crippen LogP contribution in [0.3, 0.4) is 0 Å². The van der Waals surface area contributed by atoms with Crippen LogP contribution in [0.2, 0.25) is 0 Å². The van der Waals surface area contributed by atoms with Crippen molar-refractivity contribution in [3.05, 3.63) is 77.9 Å². The number of hydrogen-bond acceptors (Lipinski definition) is 15. The predicted molar refractivity (Wildman–Crippen MR) is 268 cm³/mol. The van der Waals surface area contributed by atoms with E-state index in [0.29, 0.717) is 24.0 Å². The maximum Gasteiger partial charge on any atom is 0.329 e. The quantitative estimate of drug-likeness (QED) is 0.0670. The number of aromatic hydroxyl groups is 1. The van der Waals surface area contributed by atoms with Gasteiger partial charge in [0.2, 0.25) is 47.3 Å². The molecular formula is C52H72N8O15. The van der Waals surface area contributed by atoms with Gasteiger partial charge in [0.05, 0.1) is 12.2 Å². The molecule has 23 heteroatoms. The summed E-state index contributed by atoms with van der Waals surface area (Å²) < 4.78 is 5.93. The number of likely N-dealkylation sites (N-methyl/N-ethyl adjacent to an activating group) is 1. The molecule has 8 amide bonds. The predicted octanol–water partition coefficient (Wildman–Crippen LogP) is -1.55. The third-order valence-corrected chi connectivity index (χ3v) is 14.0. The number of fused-ring (bicyclic) bond motifs is 2. The number of amides is 8. The lowest BCUT2D eigenvalue weighted by molar-refractivity contribution is -0.170. The van der Waals surface area contributed by atoms with Crippen molar-refractivity contribution in [1.29, 1.82) is 0 Å². The van der Waals surface area contributed by atoms with E-state index in [1.54, 1.807) is 50.3 Å². The summed E-state index contributed by atoms with van der Waals surface area (Å²) in [6.45, 7) is 5.84. The Kier molecular flexibility index (Phi) is 21.2. The lowest BCUT2D eigenvalue weighted by atomic mass is 9.88. The van der Waals surface area contributed by atoms with Gasteiger partial charge < -0.3 is 72.4 Å². The number of carbonyl (C=O) groups excluding carboxylic acids is 9. The minimum atomic E-state index is -1.91. The van der Waals surface area contributed by atoms with Gasteiger partial charge in [-0.1, -0.05) is 74.9 Å². The van der Waals surface area contributed by atoms with Crippen LogP contribution in [-0.2, 0) is 60.7 Å².